The van der Waals surface area contributed by atoms with Crippen LogP contribution in [0.2, 0.25) is 0 Å². The van der Waals surface area contributed by atoms with Crippen molar-refractivity contribution in [2.45, 2.75) is 25.6 Å². The van der Waals surface area contributed by atoms with E-state index in [2.05, 4.69) is 9.73 Å². The molecule has 0 spiro atoms. The lowest BCUT2D eigenvalue weighted by atomic mass is 9.87. The summed E-state index contributed by atoms with van der Waals surface area (Å²) >= 11 is 0. The summed E-state index contributed by atoms with van der Waals surface area (Å²) in [6, 6.07) is 8.90. The molecule has 3 nitrogen and oxygen atoms in total. The minimum Gasteiger partial charge on any atom is -0.454 e. The minimum atomic E-state index is -4.53. The second kappa shape index (κ2) is 4.92. The summed E-state index contributed by atoms with van der Waals surface area (Å²) in [6.45, 7) is 1.88. The quantitative estimate of drug-likeness (QED) is 0.798. The fraction of sp³-hybridized carbons (Fsp3) is 0.429. The zero-order valence-corrected chi connectivity index (χ0v) is 11.1. The van der Waals surface area contributed by atoms with Gasteiger partial charge in [-0.3, -0.25) is 4.99 Å². The highest BCUT2D eigenvalue weighted by Crippen LogP contribution is 2.40. The minimum absolute atomic E-state index is 0.265. The van der Waals surface area contributed by atoms with Crippen LogP contribution in [0.1, 0.15) is 19.4 Å². The van der Waals surface area contributed by atoms with Crippen molar-refractivity contribution in [3.63, 3.8) is 0 Å². The predicted molar refractivity (Wildman–Crippen MR) is 67.6 cm³/mol. The Bertz CT molecular complexity index is 537. The lowest BCUT2D eigenvalue weighted by Crippen LogP contribution is -2.39. The van der Waals surface area contributed by atoms with Crippen molar-refractivity contribution in [2.75, 3.05) is 6.61 Å². The maximum atomic E-state index is 12.1. The standard InChI is InChI=1S/C14H14F3NO2/c1-9(2)14(12(19)20-8-13(15,16)17)11(18-14)10-6-4-3-5-7-10/h3-7,9H,8H2,1-2H3. The van der Waals surface area contributed by atoms with Gasteiger partial charge >= 0.3 is 12.1 Å². The molecule has 20 heavy (non-hydrogen) atoms. The molecule has 0 radical (unpaired) electrons. The van der Waals surface area contributed by atoms with E-state index in [1.165, 1.54) is 0 Å². The lowest BCUT2D eigenvalue weighted by molar-refractivity contribution is -0.188. The van der Waals surface area contributed by atoms with E-state index < -0.39 is 24.3 Å². The first-order valence-corrected chi connectivity index (χ1v) is 6.17. The molecule has 0 saturated carbocycles. The maximum Gasteiger partial charge on any atom is 0.422 e. The Labute approximate surface area is 114 Å². The Balaban J connectivity index is 2.13. The number of benzene rings is 1. The van der Waals surface area contributed by atoms with E-state index in [0.717, 1.165) is 5.56 Å². The van der Waals surface area contributed by atoms with Crippen molar-refractivity contribution in [2.24, 2.45) is 10.9 Å². The van der Waals surface area contributed by atoms with Gasteiger partial charge < -0.3 is 4.74 Å². The molecule has 108 valence electrons. The second-order valence-electron chi connectivity index (χ2n) is 4.94. The molecule has 1 heterocycles. The van der Waals surface area contributed by atoms with Gasteiger partial charge in [0.05, 0.1) is 5.71 Å². The van der Waals surface area contributed by atoms with Gasteiger partial charge in [-0.15, -0.1) is 0 Å². The van der Waals surface area contributed by atoms with Gasteiger partial charge in [0.25, 0.3) is 0 Å². The maximum absolute atomic E-state index is 12.1. The molecule has 0 bridgehead atoms. The molecule has 1 aliphatic heterocycles. The van der Waals surface area contributed by atoms with Crippen molar-refractivity contribution >= 4 is 11.7 Å². The van der Waals surface area contributed by atoms with Crippen LogP contribution in [0.25, 0.3) is 0 Å². The summed E-state index contributed by atoms with van der Waals surface area (Å²) in [5.74, 6) is -1.21. The van der Waals surface area contributed by atoms with Crippen LogP contribution in [-0.4, -0.2) is 30.0 Å². The van der Waals surface area contributed by atoms with Crippen LogP contribution in [0.3, 0.4) is 0 Å². The van der Waals surface area contributed by atoms with Gasteiger partial charge in [0.1, 0.15) is 0 Å². The molecule has 0 amide bonds. The number of carbonyl (C=O) groups excluding carboxylic acids is 1. The summed E-state index contributed by atoms with van der Waals surface area (Å²) in [6.07, 6.45) is -4.53. The summed E-state index contributed by atoms with van der Waals surface area (Å²) in [5.41, 5.74) is -0.0579. The van der Waals surface area contributed by atoms with E-state index >= 15 is 0 Å². The molecule has 0 N–H and O–H groups in total. The van der Waals surface area contributed by atoms with Crippen molar-refractivity contribution < 1.29 is 22.7 Å². The molecule has 0 aromatic heterocycles. The van der Waals surface area contributed by atoms with E-state index in [1.807, 2.05) is 6.07 Å². The lowest BCUT2D eigenvalue weighted by Gasteiger charge is -2.19. The summed E-state index contributed by atoms with van der Waals surface area (Å²) in [5, 5.41) is 0. The van der Waals surface area contributed by atoms with Crippen molar-refractivity contribution in [1.82, 2.24) is 0 Å². The van der Waals surface area contributed by atoms with Crippen molar-refractivity contribution in [3.05, 3.63) is 35.9 Å². The number of esters is 1. The SMILES string of the molecule is CC(C)C1(C(=O)OCC(F)(F)F)N=C1c1ccccc1. The number of ether oxygens (including phenoxy) is 1. The molecule has 0 saturated heterocycles. The van der Waals surface area contributed by atoms with Crippen LogP contribution < -0.4 is 0 Å². The van der Waals surface area contributed by atoms with E-state index in [1.54, 1.807) is 38.1 Å². The van der Waals surface area contributed by atoms with Crippen LogP contribution in [0.15, 0.2) is 35.3 Å². The Morgan fingerprint density at radius 2 is 1.90 bits per heavy atom. The predicted octanol–water partition coefficient (Wildman–Crippen LogP) is 2.99. The smallest absolute Gasteiger partial charge is 0.422 e. The van der Waals surface area contributed by atoms with E-state index in [4.69, 9.17) is 0 Å². The molecule has 1 aliphatic rings. The third kappa shape index (κ3) is 2.69. The number of aliphatic imine (C=N–C) groups is 1. The molecule has 0 aliphatic carbocycles. The van der Waals surface area contributed by atoms with Crippen LogP contribution in [0.5, 0.6) is 0 Å². The van der Waals surface area contributed by atoms with E-state index in [0.29, 0.717) is 5.71 Å². The highest BCUT2D eigenvalue weighted by atomic mass is 19.4. The number of rotatable bonds is 4. The zero-order valence-electron chi connectivity index (χ0n) is 11.1. The third-order valence-electron chi connectivity index (χ3n) is 3.16. The van der Waals surface area contributed by atoms with Crippen LogP contribution >= 0.6 is 0 Å². The normalized spacial score (nSPS) is 21.6. The average molecular weight is 285 g/mol. The van der Waals surface area contributed by atoms with Gasteiger partial charge in [-0.1, -0.05) is 44.2 Å². The molecule has 6 heteroatoms. The molecule has 1 aromatic rings. The molecule has 0 fully saturated rings. The Morgan fingerprint density at radius 1 is 1.30 bits per heavy atom. The largest absolute Gasteiger partial charge is 0.454 e. The van der Waals surface area contributed by atoms with Gasteiger partial charge in [0.2, 0.25) is 5.54 Å². The molecular weight excluding hydrogens is 271 g/mol. The molecule has 1 atom stereocenters. The average Bonchev–Trinajstić information content (AvgIpc) is 3.13. The van der Waals surface area contributed by atoms with E-state index in [-0.39, 0.29) is 5.92 Å². The summed E-state index contributed by atoms with van der Waals surface area (Å²) in [7, 11) is 0. The van der Waals surface area contributed by atoms with Crippen molar-refractivity contribution in [1.29, 1.82) is 0 Å². The summed E-state index contributed by atoms with van der Waals surface area (Å²) in [4.78, 5) is 16.1. The van der Waals surface area contributed by atoms with Gasteiger partial charge in [-0.2, -0.15) is 13.2 Å². The fourth-order valence-corrected chi connectivity index (χ4v) is 2.07. The second-order valence-corrected chi connectivity index (χ2v) is 4.94. The Hall–Kier alpha value is -1.85. The van der Waals surface area contributed by atoms with Gasteiger partial charge in [0.15, 0.2) is 6.61 Å². The van der Waals surface area contributed by atoms with Crippen molar-refractivity contribution in [3.8, 4) is 0 Å². The van der Waals surface area contributed by atoms with Gasteiger partial charge in [-0.25, -0.2) is 4.79 Å². The zero-order chi connectivity index (χ0) is 15.0. The van der Waals surface area contributed by atoms with Gasteiger partial charge in [-0.05, 0) is 11.5 Å². The topological polar surface area (TPSA) is 38.7 Å². The highest BCUT2D eigenvalue weighted by Gasteiger charge is 2.58. The van der Waals surface area contributed by atoms with Crippen LogP contribution in [0.4, 0.5) is 13.2 Å². The Kier molecular flexibility index (Phi) is 3.58. The fourth-order valence-electron chi connectivity index (χ4n) is 2.07. The van der Waals surface area contributed by atoms with Crippen LogP contribution in [0, 0.1) is 5.92 Å². The first-order chi connectivity index (χ1) is 9.27. The molecule has 1 unspecified atom stereocenters. The number of carbonyl (C=O) groups is 1. The number of nitrogens with zero attached hydrogens (tertiary/aromatic N) is 1. The molecule has 1 aromatic carbocycles. The monoisotopic (exact) mass is 285 g/mol. The van der Waals surface area contributed by atoms with Gasteiger partial charge in [0, 0.05) is 0 Å². The first kappa shape index (κ1) is 14.6. The molecule has 2 rings (SSSR count). The molecular formula is C14H14F3NO2. The third-order valence-corrected chi connectivity index (χ3v) is 3.16. The number of hydrogen-bond acceptors (Lipinski definition) is 3. The Morgan fingerprint density at radius 3 is 2.40 bits per heavy atom. The van der Waals surface area contributed by atoms with E-state index in [9.17, 15) is 18.0 Å². The number of alkyl halides is 3. The first-order valence-electron chi connectivity index (χ1n) is 6.17. The number of halogens is 3. The number of hydrogen-bond donors (Lipinski definition) is 0. The summed E-state index contributed by atoms with van der Waals surface area (Å²) < 4.78 is 40.8. The highest BCUT2D eigenvalue weighted by molar-refractivity contribution is 6.29. The van der Waals surface area contributed by atoms with Crippen LogP contribution in [-0.2, 0) is 9.53 Å².